The molecule has 0 fully saturated rings. The molecule has 0 rings (SSSR count). The molecule has 0 heterocycles. The Hall–Kier alpha value is -0.550. The maximum absolute atomic E-state index is 11.9. The minimum absolute atomic E-state index is 0.419. The average molecular weight is 196 g/mol. The first-order valence-corrected chi connectivity index (χ1v) is 4.13. The smallest absolute Gasteiger partial charge is 0.271 e. The van der Waals surface area contributed by atoms with Gasteiger partial charge < -0.3 is 0 Å². The zero-order valence-electron chi connectivity index (χ0n) is 7.40. The van der Waals surface area contributed by atoms with Gasteiger partial charge in [0.05, 0.1) is 6.42 Å². The Bertz CT molecular complexity index is 145. The van der Waals surface area contributed by atoms with E-state index >= 15 is 0 Å². The Morgan fingerprint density at radius 3 is 2.46 bits per heavy atom. The number of halogens is 3. The van der Waals surface area contributed by atoms with E-state index < -0.39 is 18.6 Å². The van der Waals surface area contributed by atoms with Crippen LogP contribution < -0.4 is 11.3 Å². The zero-order valence-corrected chi connectivity index (χ0v) is 7.40. The Kier molecular flexibility index (Phi) is 5.73. The van der Waals surface area contributed by atoms with Crippen molar-refractivity contribution in [2.24, 2.45) is 5.84 Å². The summed E-state index contributed by atoms with van der Waals surface area (Å²) in [7, 11) is 0. The molecule has 2 nitrogen and oxygen atoms in total. The summed E-state index contributed by atoms with van der Waals surface area (Å²) in [6.07, 6.45) is -1.53. The number of allylic oxidation sites excluding steroid dienone is 1. The summed E-state index contributed by atoms with van der Waals surface area (Å²) in [6.45, 7) is 3.48. The Morgan fingerprint density at radius 1 is 1.46 bits per heavy atom. The summed E-state index contributed by atoms with van der Waals surface area (Å²) in [4.78, 5) is 0. The first-order valence-electron chi connectivity index (χ1n) is 4.13. The van der Waals surface area contributed by atoms with Gasteiger partial charge in [-0.1, -0.05) is 6.08 Å². The van der Waals surface area contributed by atoms with E-state index in [4.69, 9.17) is 5.84 Å². The summed E-state index contributed by atoms with van der Waals surface area (Å²) < 4.78 is 35.7. The van der Waals surface area contributed by atoms with Crippen LogP contribution in [-0.2, 0) is 0 Å². The third-order valence-electron chi connectivity index (χ3n) is 1.67. The molecule has 0 aliphatic carbocycles. The second kappa shape index (κ2) is 5.99. The molecule has 0 aliphatic rings. The number of hydrazine groups is 1. The third-order valence-corrected chi connectivity index (χ3v) is 1.67. The molecule has 0 aliphatic heterocycles. The fourth-order valence-electron chi connectivity index (χ4n) is 1.03. The molecule has 78 valence electrons. The summed E-state index contributed by atoms with van der Waals surface area (Å²) in [5, 5.41) is 0. The molecule has 0 bridgehead atoms. The molecule has 0 saturated carbocycles. The lowest BCUT2D eigenvalue weighted by Gasteiger charge is -2.16. The van der Waals surface area contributed by atoms with Crippen LogP contribution in [-0.4, -0.2) is 12.2 Å². The molecule has 1 atom stereocenters. The quantitative estimate of drug-likeness (QED) is 0.295. The topological polar surface area (TPSA) is 38.0 Å². The maximum atomic E-state index is 11.9. The largest absolute Gasteiger partial charge is 0.390 e. The average Bonchev–Trinajstić information content (AvgIpc) is 2.01. The lowest BCUT2D eigenvalue weighted by Crippen LogP contribution is -2.38. The lowest BCUT2D eigenvalue weighted by molar-refractivity contribution is -0.140. The Balaban J connectivity index is 3.69. The molecule has 3 N–H and O–H groups in total. The minimum atomic E-state index is -4.15. The normalized spacial score (nSPS) is 14.2. The molecule has 13 heavy (non-hydrogen) atoms. The van der Waals surface area contributed by atoms with Crippen molar-refractivity contribution in [2.45, 2.75) is 37.9 Å². The molecule has 0 aromatic heterocycles. The highest BCUT2D eigenvalue weighted by Crippen LogP contribution is 2.23. The molecular formula is C8H15F3N2. The number of hydrogen-bond donors (Lipinski definition) is 2. The van der Waals surface area contributed by atoms with Crippen LogP contribution in [0.1, 0.15) is 25.7 Å². The van der Waals surface area contributed by atoms with Gasteiger partial charge >= 0.3 is 6.18 Å². The second-order valence-electron chi connectivity index (χ2n) is 2.90. The van der Waals surface area contributed by atoms with Gasteiger partial charge in [-0.05, 0) is 19.3 Å². The van der Waals surface area contributed by atoms with E-state index in [-0.39, 0.29) is 0 Å². The summed E-state index contributed by atoms with van der Waals surface area (Å²) in [5.74, 6) is 4.99. The van der Waals surface area contributed by atoms with Gasteiger partial charge in [-0.2, -0.15) is 13.2 Å². The highest BCUT2D eigenvalue weighted by molar-refractivity contribution is 4.72. The van der Waals surface area contributed by atoms with Gasteiger partial charge in [0.1, 0.15) is 0 Å². The number of nitrogens with one attached hydrogen (secondary N) is 1. The van der Waals surface area contributed by atoms with Crippen molar-refractivity contribution in [3.05, 3.63) is 12.7 Å². The van der Waals surface area contributed by atoms with Gasteiger partial charge in [0, 0.05) is 6.04 Å². The standard InChI is InChI=1S/C8H15F3N2/c1-2-3-4-5-7(13-12)6-8(9,10)11/h2,7,13H,1,3-6,12H2. The van der Waals surface area contributed by atoms with E-state index in [0.717, 1.165) is 6.42 Å². The van der Waals surface area contributed by atoms with E-state index in [1.54, 1.807) is 6.08 Å². The van der Waals surface area contributed by atoms with Crippen LogP contribution in [0.2, 0.25) is 0 Å². The van der Waals surface area contributed by atoms with Crippen molar-refractivity contribution in [2.75, 3.05) is 0 Å². The van der Waals surface area contributed by atoms with Crippen LogP contribution in [0.15, 0.2) is 12.7 Å². The summed E-state index contributed by atoms with van der Waals surface area (Å²) in [5.41, 5.74) is 2.16. The summed E-state index contributed by atoms with van der Waals surface area (Å²) in [6, 6.07) is -0.681. The predicted octanol–water partition coefficient (Wildman–Crippen LogP) is 2.13. The van der Waals surface area contributed by atoms with Crippen molar-refractivity contribution in [1.82, 2.24) is 5.43 Å². The number of rotatable bonds is 6. The number of alkyl halides is 3. The van der Waals surface area contributed by atoms with Crippen LogP contribution in [0, 0.1) is 0 Å². The second-order valence-corrected chi connectivity index (χ2v) is 2.90. The van der Waals surface area contributed by atoms with Crippen molar-refractivity contribution in [1.29, 1.82) is 0 Å². The monoisotopic (exact) mass is 196 g/mol. The van der Waals surface area contributed by atoms with Crippen LogP contribution in [0.25, 0.3) is 0 Å². The van der Waals surface area contributed by atoms with E-state index in [2.05, 4.69) is 12.0 Å². The zero-order chi connectivity index (χ0) is 10.3. The van der Waals surface area contributed by atoms with Gasteiger partial charge in [0.25, 0.3) is 0 Å². The van der Waals surface area contributed by atoms with E-state index in [9.17, 15) is 13.2 Å². The van der Waals surface area contributed by atoms with E-state index in [1.807, 2.05) is 0 Å². The molecule has 0 aromatic carbocycles. The van der Waals surface area contributed by atoms with Crippen molar-refractivity contribution >= 4 is 0 Å². The SMILES string of the molecule is C=CCCCC(CC(F)(F)F)NN. The van der Waals surface area contributed by atoms with Gasteiger partial charge in [0.15, 0.2) is 0 Å². The highest BCUT2D eigenvalue weighted by atomic mass is 19.4. The molecule has 0 radical (unpaired) electrons. The molecule has 0 aromatic rings. The molecule has 0 saturated heterocycles. The molecular weight excluding hydrogens is 181 g/mol. The van der Waals surface area contributed by atoms with Gasteiger partial charge in [0.2, 0.25) is 0 Å². The van der Waals surface area contributed by atoms with Gasteiger partial charge in [-0.25, -0.2) is 0 Å². The number of nitrogens with two attached hydrogens (primary N) is 1. The van der Waals surface area contributed by atoms with Crippen molar-refractivity contribution < 1.29 is 13.2 Å². The van der Waals surface area contributed by atoms with Crippen molar-refractivity contribution in [3.63, 3.8) is 0 Å². The third kappa shape index (κ3) is 7.80. The molecule has 0 amide bonds. The Labute approximate surface area is 76.0 Å². The van der Waals surface area contributed by atoms with Crippen molar-refractivity contribution in [3.8, 4) is 0 Å². The molecule has 5 heteroatoms. The van der Waals surface area contributed by atoms with Gasteiger partial charge in [-0.3, -0.25) is 11.3 Å². The Morgan fingerprint density at radius 2 is 2.08 bits per heavy atom. The van der Waals surface area contributed by atoms with Crippen LogP contribution in [0.3, 0.4) is 0 Å². The lowest BCUT2D eigenvalue weighted by atomic mass is 10.1. The minimum Gasteiger partial charge on any atom is -0.271 e. The molecule has 1 unspecified atom stereocenters. The maximum Gasteiger partial charge on any atom is 0.390 e. The highest BCUT2D eigenvalue weighted by Gasteiger charge is 2.30. The van der Waals surface area contributed by atoms with E-state index in [1.165, 1.54) is 0 Å². The first kappa shape index (κ1) is 12.4. The number of unbranched alkanes of at least 4 members (excludes halogenated alkanes) is 1. The van der Waals surface area contributed by atoms with Crippen LogP contribution in [0.4, 0.5) is 13.2 Å². The van der Waals surface area contributed by atoms with Crippen LogP contribution in [0.5, 0.6) is 0 Å². The fraction of sp³-hybridized carbons (Fsp3) is 0.750. The summed E-state index contributed by atoms with van der Waals surface area (Å²) >= 11 is 0. The molecule has 0 spiro atoms. The first-order chi connectivity index (χ1) is 5.99. The number of hydrogen-bond acceptors (Lipinski definition) is 2. The predicted molar refractivity (Wildman–Crippen MR) is 45.8 cm³/mol. The van der Waals surface area contributed by atoms with E-state index in [0.29, 0.717) is 12.8 Å². The van der Waals surface area contributed by atoms with Crippen LogP contribution >= 0.6 is 0 Å². The van der Waals surface area contributed by atoms with Gasteiger partial charge in [-0.15, -0.1) is 6.58 Å². The fourth-order valence-corrected chi connectivity index (χ4v) is 1.03.